The normalized spacial score (nSPS) is 10.8. The zero-order chi connectivity index (χ0) is 14.1. The summed E-state index contributed by atoms with van der Waals surface area (Å²) >= 11 is 0. The van der Waals surface area contributed by atoms with Crippen LogP contribution in [-0.2, 0) is 6.54 Å². The molecule has 0 aliphatic heterocycles. The van der Waals surface area contributed by atoms with Crippen LogP contribution in [0.5, 0.6) is 0 Å². The second kappa shape index (κ2) is 4.77. The molecule has 0 saturated heterocycles. The van der Waals surface area contributed by atoms with Gasteiger partial charge in [-0.2, -0.15) is 5.10 Å². The summed E-state index contributed by atoms with van der Waals surface area (Å²) in [5.74, 6) is -0.541. The number of fused-ring (bicyclic) bond motifs is 1. The molecule has 0 aliphatic rings. The van der Waals surface area contributed by atoms with Crippen molar-refractivity contribution in [1.82, 2.24) is 9.78 Å². The van der Waals surface area contributed by atoms with Crippen LogP contribution in [0.25, 0.3) is 10.9 Å². The molecule has 0 radical (unpaired) electrons. The van der Waals surface area contributed by atoms with Gasteiger partial charge in [-0.3, -0.25) is 10.1 Å². The molecule has 0 atom stereocenters. The Morgan fingerprint density at radius 3 is 2.85 bits per heavy atom. The van der Waals surface area contributed by atoms with E-state index in [1.807, 2.05) is 24.3 Å². The Morgan fingerprint density at radius 2 is 2.05 bits per heavy atom. The van der Waals surface area contributed by atoms with Crippen LogP contribution in [0.4, 0.5) is 4.39 Å². The maximum Gasteiger partial charge on any atom is 0.124 e. The van der Waals surface area contributed by atoms with Crippen LogP contribution >= 0.6 is 0 Å². The molecule has 0 fully saturated rings. The minimum atomic E-state index is -0.399. The van der Waals surface area contributed by atoms with Gasteiger partial charge in [0.1, 0.15) is 11.7 Å². The number of aromatic nitrogens is 2. The molecule has 3 aromatic rings. The third-order valence-corrected chi connectivity index (χ3v) is 3.15. The number of benzene rings is 2. The van der Waals surface area contributed by atoms with Gasteiger partial charge >= 0.3 is 0 Å². The van der Waals surface area contributed by atoms with E-state index in [-0.39, 0.29) is 5.84 Å². The summed E-state index contributed by atoms with van der Waals surface area (Å²) < 4.78 is 15.3. The second-order valence-electron chi connectivity index (χ2n) is 4.62. The third kappa shape index (κ3) is 2.25. The zero-order valence-electron chi connectivity index (χ0n) is 10.7. The van der Waals surface area contributed by atoms with Crippen LogP contribution in [0.3, 0.4) is 0 Å². The number of nitrogens with one attached hydrogen (secondary N) is 1. The summed E-state index contributed by atoms with van der Waals surface area (Å²) in [7, 11) is 0. The molecular formula is C15H13FN4. The van der Waals surface area contributed by atoms with E-state index in [0.29, 0.717) is 12.1 Å². The fraction of sp³-hybridized carbons (Fsp3) is 0.0667. The lowest BCUT2D eigenvalue weighted by Gasteiger charge is -2.07. The Labute approximate surface area is 115 Å². The molecule has 0 amide bonds. The first kappa shape index (κ1) is 12.3. The Bertz CT molecular complexity index is 791. The van der Waals surface area contributed by atoms with Crippen molar-refractivity contribution >= 4 is 16.7 Å². The Morgan fingerprint density at radius 1 is 1.25 bits per heavy atom. The molecule has 0 aliphatic carbocycles. The van der Waals surface area contributed by atoms with Gasteiger partial charge in [-0.1, -0.05) is 18.2 Å². The van der Waals surface area contributed by atoms with Crippen molar-refractivity contribution < 1.29 is 4.39 Å². The summed E-state index contributed by atoms with van der Waals surface area (Å²) in [4.78, 5) is 0. The van der Waals surface area contributed by atoms with Crippen LogP contribution in [0.1, 0.15) is 11.1 Å². The highest BCUT2D eigenvalue weighted by atomic mass is 19.1. The van der Waals surface area contributed by atoms with E-state index >= 15 is 0 Å². The lowest BCUT2D eigenvalue weighted by atomic mass is 10.1. The van der Waals surface area contributed by atoms with E-state index in [0.717, 1.165) is 16.5 Å². The molecule has 4 nitrogen and oxygen atoms in total. The largest absolute Gasteiger partial charge is 0.384 e. The molecule has 1 heterocycles. The fourth-order valence-corrected chi connectivity index (χ4v) is 2.22. The van der Waals surface area contributed by atoms with Crippen molar-refractivity contribution in [3.63, 3.8) is 0 Å². The molecule has 2 aromatic carbocycles. The number of rotatable bonds is 3. The van der Waals surface area contributed by atoms with Crippen LogP contribution in [-0.4, -0.2) is 15.6 Å². The van der Waals surface area contributed by atoms with E-state index in [1.54, 1.807) is 16.9 Å². The number of amidine groups is 1. The maximum atomic E-state index is 13.5. The minimum Gasteiger partial charge on any atom is -0.384 e. The first-order valence-corrected chi connectivity index (χ1v) is 6.18. The minimum absolute atomic E-state index is 0.143. The van der Waals surface area contributed by atoms with Gasteiger partial charge in [-0.15, -0.1) is 0 Å². The molecule has 5 heteroatoms. The van der Waals surface area contributed by atoms with Crippen molar-refractivity contribution in [3.8, 4) is 0 Å². The van der Waals surface area contributed by atoms with E-state index in [1.165, 1.54) is 12.1 Å². The number of hydrogen-bond donors (Lipinski definition) is 2. The van der Waals surface area contributed by atoms with Crippen LogP contribution < -0.4 is 5.73 Å². The van der Waals surface area contributed by atoms with Crippen molar-refractivity contribution in [2.75, 3.05) is 0 Å². The average molecular weight is 268 g/mol. The highest BCUT2D eigenvalue weighted by Crippen LogP contribution is 2.16. The first-order valence-electron chi connectivity index (χ1n) is 6.18. The predicted molar refractivity (Wildman–Crippen MR) is 76.3 cm³/mol. The third-order valence-electron chi connectivity index (χ3n) is 3.15. The lowest BCUT2D eigenvalue weighted by Crippen LogP contribution is -2.12. The van der Waals surface area contributed by atoms with Crippen molar-refractivity contribution in [2.24, 2.45) is 5.73 Å². The van der Waals surface area contributed by atoms with Gasteiger partial charge in [0.2, 0.25) is 0 Å². The predicted octanol–water partition coefficient (Wildman–Crippen LogP) is 2.51. The highest BCUT2D eigenvalue weighted by Gasteiger charge is 2.06. The molecule has 20 heavy (non-hydrogen) atoms. The van der Waals surface area contributed by atoms with Crippen LogP contribution in [0.15, 0.2) is 48.7 Å². The van der Waals surface area contributed by atoms with Gasteiger partial charge in [-0.05, 0) is 29.8 Å². The van der Waals surface area contributed by atoms with E-state index in [2.05, 4.69) is 5.10 Å². The second-order valence-corrected chi connectivity index (χ2v) is 4.62. The maximum absolute atomic E-state index is 13.5. The quantitative estimate of drug-likeness (QED) is 0.566. The molecule has 0 saturated carbocycles. The Balaban J connectivity index is 2.00. The van der Waals surface area contributed by atoms with E-state index < -0.39 is 5.82 Å². The molecule has 100 valence electrons. The smallest absolute Gasteiger partial charge is 0.124 e. The summed E-state index contributed by atoms with van der Waals surface area (Å²) in [6.45, 7) is 0.436. The summed E-state index contributed by atoms with van der Waals surface area (Å²) in [6.07, 6.45) is 1.78. The first-order chi connectivity index (χ1) is 9.63. The molecule has 0 unspecified atom stereocenters. The number of nitrogens with two attached hydrogens (primary N) is 1. The number of nitrogen functional groups attached to an aromatic ring is 1. The average Bonchev–Trinajstić information content (AvgIpc) is 2.82. The summed E-state index contributed by atoms with van der Waals surface area (Å²) in [5.41, 5.74) is 7.51. The Hall–Kier alpha value is -2.69. The molecule has 0 spiro atoms. The van der Waals surface area contributed by atoms with Crippen LogP contribution in [0, 0.1) is 11.2 Å². The molecule has 1 aromatic heterocycles. The fourth-order valence-electron chi connectivity index (χ4n) is 2.22. The van der Waals surface area contributed by atoms with Crippen molar-refractivity contribution in [2.45, 2.75) is 6.54 Å². The topological polar surface area (TPSA) is 67.7 Å². The SMILES string of the molecule is N=C(N)c1cc(F)cc(Cn2ncc3ccccc32)c1. The van der Waals surface area contributed by atoms with Gasteiger partial charge in [-0.25, -0.2) is 4.39 Å². The monoisotopic (exact) mass is 268 g/mol. The molecule has 0 bridgehead atoms. The Kier molecular flexibility index (Phi) is 2.95. The zero-order valence-corrected chi connectivity index (χ0v) is 10.7. The molecular weight excluding hydrogens is 255 g/mol. The molecule has 3 N–H and O–H groups in total. The number of hydrogen-bond acceptors (Lipinski definition) is 2. The number of halogens is 1. The van der Waals surface area contributed by atoms with Gasteiger partial charge in [0, 0.05) is 10.9 Å². The standard InChI is InChI=1S/C15H13FN4/c16-13-6-10(5-12(7-13)15(17)18)9-20-14-4-2-1-3-11(14)8-19-20/h1-8H,9H2,(H3,17,18). The highest BCUT2D eigenvalue weighted by molar-refractivity contribution is 5.95. The van der Waals surface area contributed by atoms with E-state index in [9.17, 15) is 4.39 Å². The summed E-state index contributed by atoms with van der Waals surface area (Å²) in [5, 5.41) is 12.7. The van der Waals surface area contributed by atoms with Gasteiger partial charge in [0.05, 0.1) is 18.3 Å². The molecule has 3 rings (SSSR count). The van der Waals surface area contributed by atoms with Gasteiger partial charge in [0.15, 0.2) is 0 Å². The van der Waals surface area contributed by atoms with E-state index in [4.69, 9.17) is 11.1 Å². The number of para-hydroxylation sites is 1. The van der Waals surface area contributed by atoms with Gasteiger partial charge < -0.3 is 5.73 Å². The van der Waals surface area contributed by atoms with Crippen molar-refractivity contribution in [3.05, 3.63) is 65.6 Å². The summed E-state index contributed by atoms with van der Waals surface area (Å²) in [6, 6.07) is 12.2. The van der Waals surface area contributed by atoms with Crippen LogP contribution in [0.2, 0.25) is 0 Å². The van der Waals surface area contributed by atoms with Crippen molar-refractivity contribution in [1.29, 1.82) is 5.41 Å². The lowest BCUT2D eigenvalue weighted by molar-refractivity contribution is 0.620. The van der Waals surface area contributed by atoms with Gasteiger partial charge in [0.25, 0.3) is 0 Å². The number of nitrogens with zero attached hydrogens (tertiary/aromatic N) is 2.